The molecule has 1 aromatic heterocycles. The maximum atomic E-state index is 12.9. The number of ether oxygens (including phenoxy) is 2. The van der Waals surface area contributed by atoms with Crippen LogP contribution in [0.2, 0.25) is 0 Å². The molecule has 32 heavy (non-hydrogen) atoms. The maximum absolute atomic E-state index is 12.9. The predicted octanol–water partition coefficient (Wildman–Crippen LogP) is 4.61. The third-order valence-electron chi connectivity index (χ3n) is 6.35. The number of hydrogen-bond acceptors (Lipinski definition) is 5. The minimum Gasteiger partial charge on any atom is -0.454 e. The Bertz CT molecular complexity index is 1130. The van der Waals surface area contributed by atoms with E-state index in [2.05, 4.69) is 48.3 Å². The molecule has 0 aliphatic carbocycles. The summed E-state index contributed by atoms with van der Waals surface area (Å²) in [6.07, 6.45) is 2.07. The highest BCUT2D eigenvalue weighted by Crippen LogP contribution is 2.42. The van der Waals surface area contributed by atoms with Crippen LogP contribution in [0.15, 0.2) is 48.5 Å². The van der Waals surface area contributed by atoms with Crippen molar-refractivity contribution in [1.29, 1.82) is 0 Å². The van der Waals surface area contributed by atoms with Gasteiger partial charge in [-0.1, -0.05) is 43.3 Å². The van der Waals surface area contributed by atoms with Crippen LogP contribution in [0.25, 0.3) is 0 Å². The van der Waals surface area contributed by atoms with Crippen LogP contribution in [0.4, 0.5) is 0 Å². The van der Waals surface area contributed by atoms with Gasteiger partial charge in [0.05, 0.1) is 12.6 Å². The molecule has 6 heteroatoms. The van der Waals surface area contributed by atoms with Crippen molar-refractivity contribution in [2.24, 2.45) is 0 Å². The largest absolute Gasteiger partial charge is 0.454 e. The van der Waals surface area contributed by atoms with E-state index >= 15 is 0 Å². The summed E-state index contributed by atoms with van der Waals surface area (Å²) in [5.41, 5.74) is 5.25. The number of benzene rings is 2. The highest BCUT2D eigenvalue weighted by Gasteiger charge is 2.33. The minimum absolute atomic E-state index is 0.0380. The van der Waals surface area contributed by atoms with Crippen molar-refractivity contribution in [2.75, 3.05) is 19.9 Å². The number of hydrogen-bond donors (Lipinski definition) is 1. The quantitative estimate of drug-likeness (QED) is 0.598. The summed E-state index contributed by atoms with van der Waals surface area (Å²) in [5.74, 6) is 1.54. The molecule has 2 aliphatic heterocycles. The number of thiophene rings is 1. The molecule has 1 N–H and O–H groups in total. The van der Waals surface area contributed by atoms with E-state index in [0.29, 0.717) is 13.1 Å². The van der Waals surface area contributed by atoms with Gasteiger partial charge in [0.1, 0.15) is 0 Å². The van der Waals surface area contributed by atoms with Gasteiger partial charge < -0.3 is 14.8 Å². The second-order valence-electron chi connectivity index (χ2n) is 8.33. The number of aryl methyl sites for hydroxylation is 1. The van der Waals surface area contributed by atoms with E-state index in [-0.39, 0.29) is 18.7 Å². The van der Waals surface area contributed by atoms with Crippen LogP contribution < -0.4 is 14.8 Å². The summed E-state index contributed by atoms with van der Waals surface area (Å²) in [7, 11) is 0. The van der Waals surface area contributed by atoms with E-state index in [4.69, 9.17) is 9.47 Å². The molecule has 0 unspecified atom stereocenters. The van der Waals surface area contributed by atoms with Gasteiger partial charge in [-0.3, -0.25) is 9.69 Å². The Hall–Kier alpha value is -2.83. The van der Waals surface area contributed by atoms with Crippen LogP contribution in [0.5, 0.6) is 11.5 Å². The van der Waals surface area contributed by atoms with Gasteiger partial charge in [-0.15, -0.1) is 11.3 Å². The van der Waals surface area contributed by atoms with Crippen LogP contribution in [0, 0.1) is 6.92 Å². The predicted molar refractivity (Wildman–Crippen MR) is 126 cm³/mol. The standard InChI is InChI=1S/C26H28N2O3S/c1-3-20-17(2)32-26-21(20)11-12-28(25(26)19-7-5-4-6-8-19)15-24(29)27-14-18-9-10-22-23(13-18)31-16-30-22/h4-10,13,25H,3,11-12,14-16H2,1-2H3,(H,27,29)/t25-/m0/s1. The van der Waals surface area contributed by atoms with Gasteiger partial charge in [-0.2, -0.15) is 0 Å². The summed E-state index contributed by atoms with van der Waals surface area (Å²) < 4.78 is 10.8. The SMILES string of the molecule is CCc1c(C)sc2c1CCN(CC(=O)NCc1ccc3c(c1)OCO3)[C@H]2c1ccccc1. The molecule has 0 fully saturated rings. The van der Waals surface area contributed by atoms with Crippen molar-refractivity contribution in [3.63, 3.8) is 0 Å². The van der Waals surface area contributed by atoms with E-state index in [1.807, 2.05) is 35.6 Å². The average molecular weight is 449 g/mol. The van der Waals surface area contributed by atoms with Gasteiger partial charge >= 0.3 is 0 Å². The molecule has 0 radical (unpaired) electrons. The smallest absolute Gasteiger partial charge is 0.234 e. The lowest BCUT2D eigenvalue weighted by molar-refractivity contribution is -0.122. The number of carbonyl (C=O) groups excluding carboxylic acids is 1. The monoisotopic (exact) mass is 448 g/mol. The lowest BCUT2D eigenvalue weighted by Gasteiger charge is -2.36. The van der Waals surface area contributed by atoms with Gasteiger partial charge in [0.25, 0.3) is 0 Å². The van der Waals surface area contributed by atoms with Crippen LogP contribution >= 0.6 is 11.3 Å². The second kappa shape index (κ2) is 8.96. The van der Waals surface area contributed by atoms with Crippen molar-refractivity contribution in [3.05, 3.63) is 80.5 Å². The van der Waals surface area contributed by atoms with Crippen LogP contribution in [0.1, 0.15) is 45.0 Å². The fourth-order valence-corrected chi connectivity index (χ4v) is 6.28. The van der Waals surface area contributed by atoms with E-state index in [1.165, 1.54) is 26.4 Å². The zero-order valence-electron chi connectivity index (χ0n) is 18.5. The molecular formula is C26H28N2O3S. The number of rotatable bonds is 6. The summed E-state index contributed by atoms with van der Waals surface area (Å²) in [4.78, 5) is 18.1. The van der Waals surface area contributed by atoms with Crippen molar-refractivity contribution in [2.45, 2.75) is 39.3 Å². The first-order valence-corrected chi connectivity index (χ1v) is 12.0. The molecule has 5 nitrogen and oxygen atoms in total. The Kier molecular flexibility index (Phi) is 5.89. The van der Waals surface area contributed by atoms with Gasteiger partial charge in [-0.25, -0.2) is 0 Å². The zero-order valence-corrected chi connectivity index (χ0v) is 19.3. The first kappa shape index (κ1) is 21.0. The maximum Gasteiger partial charge on any atom is 0.234 e. The van der Waals surface area contributed by atoms with Crippen molar-refractivity contribution in [3.8, 4) is 11.5 Å². The molecule has 0 spiro atoms. The fraction of sp³-hybridized carbons (Fsp3) is 0.346. The lowest BCUT2D eigenvalue weighted by atomic mass is 9.91. The molecule has 0 saturated heterocycles. The van der Waals surface area contributed by atoms with Gasteiger partial charge in [0.15, 0.2) is 11.5 Å². The molecule has 3 heterocycles. The number of nitrogens with one attached hydrogen (secondary N) is 1. The number of carbonyl (C=O) groups is 1. The van der Waals surface area contributed by atoms with Crippen molar-refractivity contribution < 1.29 is 14.3 Å². The highest BCUT2D eigenvalue weighted by molar-refractivity contribution is 7.12. The average Bonchev–Trinajstić information content (AvgIpc) is 3.40. The van der Waals surface area contributed by atoms with Crippen molar-refractivity contribution in [1.82, 2.24) is 10.2 Å². The summed E-state index contributed by atoms with van der Waals surface area (Å²) in [6, 6.07) is 16.5. The Balaban J connectivity index is 1.33. The molecule has 0 saturated carbocycles. The summed E-state index contributed by atoms with van der Waals surface area (Å²) in [6.45, 7) is 6.46. The molecular weight excluding hydrogens is 420 g/mol. The van der Waals surface area contributed by atoms with E-state index in [1.54, 1.807) is 0 Å². The molecule has 3 aromatic rings. The minimum atomic E-state index is 0.0380. The molecule has 2 aromatic carbocycles. The molecule has 5 rings (SSSR count). The molecule has 0 bridgehead atoms. The van der Waals surface area contributed by atoms with E-state index in [9.17, 15) is 4.79 Å². The van der Waals surface area contributed by atoms with Crippen LogP contribution in [0.3, 0.4) is 0 Å². The van der Waals surface area contributed by atoms with Crippen LogP contribution in [-0.2, 0) is 24.2 Å². The number of nitrogens with zero attached hydrogens (tertiary/aromatic N) is 1. The van der Waals surface area contributed by atoms with Gasteiger partial charge in [0, 0.05) is 22.8 Å². The Labute approximate surface area is 193 Å². The molecule has 2 aliphatic rings. The topological polar surface area (TPSA) is 50.8 Å². The zero-order chi connectivity index (χ0) is 22.1. The third kappa shape index (κ3) is 4.00. The van der Waals surface area contributed by atoms with Crippen LogP contribution in [-0.4, -0.2) is 30.7 Å². The Morgan fingerprint density at radius 2 is 1.97 bits per heavy atom. The second-order valence-corrected chi connectivity index (χ2v) is 9.59. The highest BCUT2D eigenvalue weighted by atomic mass is 32.1. The van der Waals surface area contributed by atoms with Gasteiger partial charge in [-0.05, 0) is 54.2 Å². The lowest BCUT2D eigenvalue weighted by Crippen LogP contribution is -2.42. The molecule has 1 atom stereocenters. The number of fused-ring (bicyclic) bond motifs is 2. The van der Waals surface area contributed by atoms with E-state index in [0.717, 1.165) is 36.4 Å². The normalized spacial score (nSPS) is 17.2. The Morgan fingerprint density at radius 3 is 2.78 bits per heavy atom. The molecule has 1 amide bonds. The van der Waals surface area contributed by atoms with E-state index < -0.39 is 0 Å². The fourth-order valence-electron chi connectivity index (χ4n) is 4.82. The Morgan fingerprint density at radius 1 is 1.16 bits per heavy atom. The summed E-state index contributed by atoms with van der Waals surface area (Å²) >= 11 is 1.90. The first-order valence-electron chi connectivity index (χ1n) is 11.2. The third-order valence-corrected chi connectivity index (χ3v) is 7.60. The summed E-state index contributed by atoms with van der Waals surface area (Å²) in [5, 5.41) is 3.09. The first-order chi connectivity index (χ1) is 15.6. The van der Waals surface area contributed by atoms with Crippen molar-refractivity contribution >= 4 is 17.2 Å². The molecule has 166 valence electrons. The number of amides is 1. The van der Waals surface area contributed by atoms with Gasteiger partial charge in [0.2, 0.25) is 12.7 Å².